The molecule has 5 aromatic rings. The van der Waals surface area contributed by atoms with Crippen LogP contribution in [0.4, 0.5) is 11.5 Å². The second kappa shape index (κ2) is 8.28. The maximum absolute atomic E-state index is 12.6. The number of aromatic amines is 1. The molecule has 2 aromatic carbocycles. The Labute approximate surface area is 201 Å². The molecule has 9 nitrogen and oxygen atoms in total. The summed E-state index contributed by atoms with van der Waals surface area (Å²) in [5.74, 6) is 0.805. The summed E-state index contributed by atoms with van der Waals surface area (Å²) in [6, 6.07) is 14.7. The molecule has 1 saturated carbocycles. The first-order valence-corrected chi connectivity index (χ1v) is 11.8. The predicted octanol–water partition coefficient (Wildman–Crippen LogP) is 3.88. The number of H-pyrrole nitrogens is 1. The number of aromatic nitrogens is 4. The Morgan fingerprint density at radius 3 is 2.71 bits per heavy atom. The summed E-state index contributed by atoms with van der Waals surface area (Å²) in [4.78, 5) is 12.6. The summed E-state index contributed by atoms with van der Waals surface area (Å²) in [6.45, 7) is 5.83. The molecule has 35 heavy (non-hydrogen) atoms. The zero-order valence-electron chi connectivity index (χ0n) is 19.7. The van der Waals surface area contributed by atoms with E-state index < -0.39 is 5.56 Å². The third-order valence-corrected chi connectivity index (χ3v) is 6.52. The van der Waals surface area contributed by atoms with Crippen molar-refractivity contribution < 1.29 is 4.42 Å². The normalized spacial score (nSPS) is 13.7. The average Bonchev–Trinajstić information content (AvgIpc) is 3.52. The van der Waals surface area contributed by atoms with Gasteiger partial charge in [0.25, 0.3) is 5.56 Å². The fraction of sp³-hybridized carbons (Fsp3) is 0.269. The summed E-state index contributed by atoms with van der Waals surface area (Å²) >= 11 is 0. The standard InChI is InChI=1S/C26H27N7O2/c1-14-3-10-20-19(13-14)15(2)24(35-20)23-21-22(26(34)31-30-25(21)27)32-33(23)18-8-6-17(7-9-18)29-12-11-28-16-4-5-16/h3,6-10,13,16,28-29H,4-5,11-12H2,1-2H3,(H2,27,30)(H,31,34). The van der Waals surface area contributed by atoms with E-state index in [4.69, 9.17) is 10.2 Å². The van der Waals surface area contributed by atoms with Crippen molar-refractivity contribution >= 4 is 33.4 Å². The summed E-state index contributed by atoms with van der Waals surface area (Å²) in [7, 11) is 0. The number of furan rings is 1. The molecular weight excluding hydrogens is 442 g/mol. The molecule has 3 heterocycles. The van der Waals surface area contributed by atoms with Gasteiger partial charge in [0.05, 0.1) is 11.1 Å². The number of nitrogen functional groups attached to an aromatic ring is 1. The Morgan fingerprint density at radius 2 is 1.94 bits per heavy atom. The molecule has 0 aliphatic heterocycles. The highest BCUT2D eigenvalue weighted by molar-refractivity contribution is 6.02. The number of anilines is 2. The maximum Gasteiger partial charge on any atom is 0.292 e. The second-order valence-corrected chi connectivity index (χ2v) is 9.18. The SMILES string of the molecule is Cc1ccc2oc(-c3c4c(N)n[nH]c(=O)c4nn3-c3ccc(NCCNC4CC4)cc3)c(C)c2c1. The van der Waals surface area contributed by atoms with E-state index in [2.05, 4.69) is 32.0 Å². The summed E-state index contributed by atoms with van der Waals surface area (Å²) in [5, 5.41) is 19.5. The van der Waals surface area contributed by atoms with Crippen molar-refractivity contribution in [1.29, 1.82) is 0 Å². The Bertz CT molecular complexity index is 1610. The summed E-state index contributed by atoms with van der Waals surface area (Å²) in [6.07, 6.45) is 2.56. The van der Waals surface area contributed by atoms with E-state index >= 15 is 0 Å². The van der Waals surface area contributed by atoms with E-state index in [-0.39, 0.29) is 11.3 Å². The minimum atomic E-state index is -0.403. The molecule has 0 atom stereocenters. The molecular formula is C26H27N7O2. The van der Waals surface area contributed by atoms with E-state index in [1.54, 1.807) is 4.68 Å². The quantitative estimate of drug-likeness (QED) is 0.266. The number of benzene rings is 2. The maximum atomic E-state index is 12.6. The minimum Gasteiger partial charge on any atom is -0.454 e. The lowest BCUT2D eigenvalue weighted by Gasteiger charge is -2.10. The average molecular weight is 470 g/mol. The van der Waals surface area contributed by atoms with Crippen LogP contribution in [0.3, 0.4) is 0 Å². The molecule has 6 rings (SSSR count). The molecule has 3 aromatic heterocycles. The van der Waals surface area contributed by atoms with Gasteiger partial charge in [-0.05, 0) is 63.1 Å². The first-order valence-electron chi connectivity index (χ1n) is 11.8. The van der Waals surface area contributed by atoms with Crippen molar-refractivity contribution in [2.24, 2.45) is 0 Å². The Morgan fingerprint density at radius 1 is 1.14 bits per heavy atom. The molecule has 0 radical (unpaired) electrons. The Hall–Kier alpha value is -4.11. The van der Waals surface area contributed by atoms with Crippen molar-refractivity contribution in [3.05, 3.63) is 63.9 Å². The van der Waals surface area contributed by atoms with Crippen LogP contribution in [-0.2, 0) is 0 Å². The molecule has 0 bridgehead atoms. The van der Waals surface area contributed by atoms with E-state index in [0.717, 1.165) is 46.6 Å². The van der Waals surface area contributed by atoms with Crippen molar-refractivity contribution in [1.82, 2.24) is 25.3 Å². The van der Waals surface area contributed by atoms with Gasteiger partial charge in [-0.1, -0.05) is 11.6 Å². The van der Waals surface area contributed by atoms with Gasteiger partial charge in [0, 0.05) is 35.8 Å². The van der Waals surface area contributed by atoms with Crippen LogP contribution in [0.25, 0.3) is 39.0 Å². The van der Waals surface area contributed by atoms with E-state index in [1.165, 1.54) is 12.8 Å². The summed E-state index contributed by atoms with van der Waals surface area (Å²) < 4.78 is 8.02. The van der Waals surface area contributed by atoms with E-state index in [1.807, 2.05) is 50.2 Å². The third-order valence-electron chi connectivity index (χ3n) is 6.52. The van der Waals surface area contributed by atoms with Crippen LogP contribution in [0.15, 0.2) is 51.7 Å². The van der Waals surface area contributed by atoms with Gasteiger partial charge in [0.2, 0.25) is 0 Å². The predicted molar refractivity (Wildman–Crippen MR) is 138 cm³/mol. The van der Waals surface area contributed by atoms with Crippen LogP contribution in [0.2, 0.25) is 0 Å². The van der Waals surface area contributed by atoms with Crippen molar-refractivity contribution in [3.63, 3.8) is 0 Å². The largest absolute Gasteiger partial charge is 0.454 e. The fourth-order valence-electron chi connectivity index (χ4n) is 4.49. The van der Waals surface area contributed by atoms with Gasteiger partial charge in [0.1, 0.15) is 11.3 Å². The van der Waals surface area contributed by atoms with Crippen molar-refractivity contribution in [3.8, 4) is 17.1 Å². The van der Waals surface area contributed by atoms with Crippen LogP contribution < -0.4 is 21.9 Å². The van der Waals surface area contributed by atoms with Gasteiger partial charge < -0.3 is 20.8 Å². The smallest absolute Gasteiger partial charge is 0.292 e. The lowest BCUT2D eigenvalue weighted by Crippen LogP contribution is -2.23. The van der Waals surface area contributed by atoms with Crippen LogP contribution in [0.1, 0.15) is 24.0 Å². The van der Waals surface area contributed by atoms with Gasteiger partial charge in [0.15, 0.2) is 17.1 Å². The highest BCUT2D eigenvalue weighted by atomic mass is 16.3. The first kappa shape index (κ1) is 21.4. The Balaban J connectivity index is 1.45. The molecule has 9 heteroatoms. The van der Waals surface area contributed by atoms with Gasteiger partial charge in [-0.2, -0.15) is 10.2 Å². The molecule has 0 amide bonds. The number of fused-ring (bicyclic) bond motifs is 2. The van der Waals surface area contributed by atoms with Gasteiger partial charge in [-0.15, -0.1) is 0 Å². The minimum absolute atomic E-state index is 0.193. The van der Waals surface area contributed by atoms with E-state index in [9.17, 15) is 4.79 Å². The number of nitrogens with two attached hydrogens (primary N) is 1. The van der Waals surface area contributed by atoms with Crippen LogP contribution in [0.5, 0.6) is 0 Å². The van der Waals surface area contributed by atoms with Crippen LogP contribution >= 0.6 is 0 Å². The lowest BCUT2D eigenvalue weighted by atomic mass is 10.1. The molecule has 0 spiro atoms. The molecule has 1 fully saturated rings. The molecule has 5 N–H and O–H groups in total. The van der Waals surface area contributed by atoms with Crippen LogP contribution in [0, 0.1) is 13.8 Å². The van der Waals surface area contributed by atoms with E-state index in [0.29, 0.717) is 22.9 Å². The number of hydrogen-bond acceptors (Lipinski definition) is 7. The van der Waals surface area contributed by atoms with Gasteiger partial charge >= 0.3 is 0 Å². The van der Waals surface area contributed by atoms with Gasteiger partial charge in [-0.25, -0.2) is 9.78 Å². The number of aryl methyl sites for hydroxylation is 2. The second-order valence-electron chi connectivity index (χ2n) is 9.18. The molecule has 0 unspecified atom stereocenters. The third kappa shape index (κ3) is 3.83. The first-order chi connectivity index (χ1) is 17.0. The van der Waals surface area contributed by atoms with Crippen LogP contribution in [-0.4, -0.2) is 39.1 Å². The van der Waals surface area contributed by atoms with Crippen molar-refractivity contribution in [2.75, 3.05) is 24.1 Å². The lowest BCUT2D eigenvalue weighted by molar-refractivity contribution is 0.622. The number of rotatable bonds is 7. The monoisotopic (exact) mass is 469 g/mol. The fourth-order valence-corrected chi connectivity index (χ4v) is 4.49. The highest BCUT2D eigenvalue weighted by Crippen LogP contribution is 2.39. The van der Waals surface area contributed by atoms with Gasteiger partial charge in [-0.3, -0.25) is 4.79 Å². The number of hydrogen-bond donors (Lipinski definition) is 4. The summed E-state index contributed by atoms with van der Waals surface area (Å²) in [5.41, 5.74) is 11.3. The number of nitrogens with one attached hydrogen (secondary N) is 3. The molecule has 1 aliphatic carbocycles. The zero-order chi connectivity index (χ0) is 24.1. The number of nitrogens with zero attached hydrogens (tertiary/aromatic N) is 3. The molecule has 0 saturated heterocycles. The Kier molecular flexibility index (Phi) is 5.07. The molecule has 1 aliphatic rings. The topological polar surface area (TPSA) is 127 Å². The zero-order valence-corrected chi connectivity index (χ0v) is 19.7. The highest BCUT2D eigenvalue weighted by Gasteiger charge is 2.25. The van der Waals surface area contributed by atoms with Crippen molar-refractivity contribution in [2.45, 2.75) is 32.7 Å². The molecule has 178 valence electrons.